The summed E-state index contributed by atoms with van der Waals surface area (Å²) < 4.78 is 28.7. The second-order valence-corrected chi connectivity index (χ2v) is 10.7. The molecule has 34 heavy (non-hydrogen) atoms. The Morgan fingerprint density at radius 1 is 1.18 bits per heavy atom. The van der Waals surface area contributed by atoms with Gasteiger partial charge in [0, 0.05) is 19.3 Å². The first-order valence-corrected chi connectivity index (χ1v) is 13.2. The second-order valence-electron chi connectivity index (χ2n) is 8.97. The van der Waals surface area contributed by atoms with Crippen LogP contribution in [0, 0.1) is 17.7 Å². The number of nitrogens with two attached hydrogens (primary N) is 1. The van der Waals surface area contributed by atoms with E-state index in [0.717, 1.165) is 24.8 Å². The summed E-state index contributed by atoms with van der Waals surface area (Å²) in [7, 11) is -3.86. The number of aryl methyl sites for hydroxylation is 1. The number of hydrogen-bond acceptors (Lipinski definition) is 6. The first-order valence-electron chi connectivity index (χ1n) is 11.7. The van der Waals surface area contributed by atoms with Gasteiger partial charge in [-0.1, -0.05) is 30.5 Å². The minimum absolute atomic E-state index is 0.0569. The van der Waals surface area contributed by atoms with Gasteiger partial charge in [0.1, 0.15) is 23.1 Å². The van der Waals surface area contributed by atoms with Gasteiger partial charge in [0.05, 0.1) is 4.90 Å². The topological polar surface area (TPSA) is 153 Å². The molecule has 0 spiro atoms. The molecule has 1 aromatic rings. The van der Waals surface area contributed by atoms with Gasteiger partial charge < -0.3 is 10.6 Å². The highest BCUT2D eigenvalue weighted by Crippen LogP contribution is 2.27. The van der Waals surface area contributed by atoms with E-state index in [1.165, 1.54) is 0 Å². The molecule has 0 radical (unpaired) electrons. The number of benzene rings is 1. The zero-order valence-electron chi connectivity index (χ0n) is 19.6. The highest BCUT2D eigenvalue weighted by Gasteiger charge is 2.35. The first-order chi connectivity index (χ1) is 16.1. The number of carbonyl (C=O) groups is 1. The summed E-state index contributed by atoms with van der Waals surface area (Å²) in [5.74, 6) is -0.520. The number of sulfonamides is 1. The van der Waals surface area contributed by atoms with Gasteiger partial charge in [0.25, 0.3) is 0 Å². The van der Waals surface area contributed by atoms with Crippen LogP contribution in [0.1, 0.15) is 50.5 Å². The third-order valence-electron chi connectivity index (χ3n) is 6.36. The lowest BCUT2D eigenvalue weighted by Gasteiger charge is -2.31. The smallest absolute Gasteiger partial charge is 0.241 e. The molecule has 184 valence electrons. The van der Waals surface area contributed by atoms with E-state index in [1.807, 2.05) is 6.92 Å². The van der Waals surface area contributed by atoms with Crippen LogP contribution in [-0.4, -0.2) is 61.7 Å². The van der Waals surface area contributed by atoms with Crippen molar-refractivity contribution < 1.29 is 13.2 Å². The Hall–Kier alpha value is -2.85. The van der Waals surface area contributed by atoms with E-state index in [2.05, 4.69) is 9.71 Å². The number of unbranched alkanes of at least 4 members (excludes halogenated alkanes) is 1. The van der Waals surface area contributed by atoms with Crippen LogP contribution in [0.4, 0.5) is 0 Å². The number of hydrogen-bond donors (Lipinski definition) is 4. The van der Waals surface area contributed by atoms with Crippen LogP contribution in [-0.2, 0) is 14.8 Å². The summed E-state index contributed by atoms with van der Waals surface area (Å²) in [5, 5.41) is 15.8. The van der Waals surface area contributed by atoms with Crippen LogP contribution in [0.5, 0.6) is 0 Å². The molecule has 0 bridgehead atoms. The molecule has 9 nitrogen and oxygen atoms in total. The number of carbonyl (C=O) groups excluding carboxylic acids is 1. The van der Waals surface area contributed by atoms with Gasteiger partial charge in [-0.2, -0.15) is 4.72 Å². The van der Waals surface area contributed by atoms with Gasteiger partial charge in [-0.3, -0.25) is 20.6 Å². The van der Waals surface area contributed by atoms with Crippen molar-refractivity contribution in [2.24, 2.45) is 10.7 Å². The standard InChI is InChI=1S/C24H34N6O3S/c1-18-9-11-19(12-10-18)34(32,33)29-20(23(31)30-16-5-2-6-17-30)8-3-4-13-24(14-7-15-28-24)21(25)22(26)27/h7,9-12,14-15,20,25,29H,2-6,8,13,16-17H2,1H3,(H3,26,27). The van der Waals surface area contributed by atoms with Gasteiger partial charge in [0.2, 0.25) is 15.9 Å². The van der Waals surface area contributed by atoms with Crippen LogP contribution in [0.3, 0.4) is 0 Å². The summed E-state index contributed by atoms with van der Waals surface area (Å²) in [5.41, 5.74) is 5.47. The molecule has 2 aliphatic rings. The van der Waals surface area contributed by atoms with Crippen LogP contribution in [0.25, 0.3) is 0 Å². The zero-order valence-corrected chi connectivity index (χ0v) is 20.4. The number of nitrogens with zero attached hydrogens (tertiary/aromatic N) is 2. The van der Waals surface area contributed by atoms with E-state index in [0.29, 0.717) is 38.8 Å². The van der Waals surface area contributed by atoms with E-state index in [4.69, 9.17) is 16.6 Å². The molecule has 1 fully saturated rings. The van der Waals surface area contributed by atoms with Crippen molar-refractivity contribution in [3.05, 3.63) is 42.0 Å². The molecular weight excluding hydrogens is 452 g/mol. The largest absolute Gasteiger partial charge is 0.383 e. The number of piperidine rings is 1. The van der Waals surface area contributed by atoms with Crippen molar-refractivity contribution in [2.45, 2.75) is 68.3 Å². The van der Waals surface area contributed by atoms with Crippen LogP contribution >= 0.6 is 0 Å². The van der Waals surface area contributed by atoms with Crippen molar-refractivity contribution in [1.29, 1.82) is 10.8 Å². The summed E-state index contributed by atoms with van der Waals surface area (Å²) >= 11 is 0. The number of aliphatic imine (C=N–C) groups is 1. The number of likely N-dealkylation sites (tertiary alicyclic amines) is 1. The molecule has 0 aliphatic carbocycles. The molecule has 1 saturated heterocycles. The fraction of sp³-hybridized carbons (Fsp3) is 0.500. The average Bonchev–Trinajstić information content (AvgIpc) is 3.30. The number of rotatable bonds is 11. The Morgan fingerprint density at radius 3 is 2.44 bits per heavy atom. The Labute approximate surface area is 201 Å². The Morgan fingerprint density at radius 2 is 1.85 bits per heavy atom. The Kier molecular flexibility index (Phi) is 8.37. The predicted octanol–water partition coefficient (Wildman–Crippen LogP) is 2.55. The van der Waals surface area contributed by atoms with E-state index < -0.39 is 21.6 Å². The minimum atomic E-state index is -3.86. The average molecular weight is 487 g/mol. The highest BCUT2D eigenvalue weighted by atomic mass is 32.2. The molecule has 10 heteroatoms. The van der Waals surface area contributed by atoms with E-state index in [-0.39, 0.29) is 22.3 Å². The van der Waals surface area contributed by atoms with Gasteiger partial charge in [-0.15, -0.1) is 0 Å². The first kappa shape index (κ1) is 25.8. The van der Waals surface area contributed by atoms with Crippen molar-refractivity contribution in [1.82, 2.24) is 9.62 Å². The highest BCUT2D eigenvalue weighted by molar-refractivity contribution is 7.89. The normalized spacial score (nSPS) is 20.9. The molecule has 0 saturated carbocycles. The van der Waals surface area contributed by atoms with Gasteiger partial charge in [0.15, 0.2) is 0 Å². The van der Waals surface area contributed by atoms with Gasteiger partial charge >= 0.3 is 0 Å². The molecule has 0 aromatic heterocycles. The van der Waals surface area contributed by atoms with Crippen LogP contribution in [0.15, 0.2) is 46.3 Å². The van der Waals surface area contributed by atoms with E-state index in [9.17, 15) is 13.2 Å². The molecule has 2 unspecified atom stereocenters. The minimum Gasteiger partial charge on any atom is -0.383 e. The molecule has 1 amide bonds. The fourth-order valence-corrected chi connectivity index (χ4v) is 5.58. The number of allylic oxidation sites excluding steroid dienone is 1. The van der Waals surface area contributed by atoms with E-state index >= 15 is 0 Å². The second kappa shape index (κ2) is 11.1. The number of nitrogens with one attached hydrogen (secondary N) is 3. The quantitative estimate of drug-likeness (QED) is 0.216. The third kappa shape index (κ3) is 6.18. The van der Waals surface area contributed by atoms with Crippen LogP contribution < -0.4 is 10.5 Å². The number of amides is 1. The van der Waals surface area contributed by atoms with Crippen molar-refractivity contribution in [2.75, 3.05) is 13.1 Å². The third-order valence-corrected chi connectivity index (χ3v) is 7.85. The van der Waals surface area contributed by atoms with Crippen molar-refractivity contribution in [3.8, 4) is 0 Å². The van der Waals surface area contributed by atoms with E-state index in [1.54, 1.807) is 47.5 Å². The summed E-state index contributed by atoms with van der Waals surface area (Å²) in [6.07, 6.45) is 9.92. The summed E-state index contributed by atoms with van der Waals surface area (Å²) in [6, 6.07) is 5.68. The molecule has 3 rings (SSSR count). The summed E-state index contributed by atoms with van der Waals surface area (Å²) in [6.45, 7) is 3.16. The Balaban J connectivity index is 1.69. The lowest BCUT2D eigenvalue weighted by Crippen LogP contribution is -2.50. The maximum Gasteiger partial charge on any atom is 0.241 e. The molecule has 5 N–H and O–H groups in total. The lowest BCUT2D eigenvalue weighted by atomic mass is 9.87. The molecule has 2 atom stereocenters. The van der Waals surface area contributed by atoms with Crippen molar-refractivity contribution in [3.63, 3.8) is 0 Å². The van der Waals surface area contributed by atoms with Gasteiger partial charge in [-0.05, 0) is 63.3 Å². The zero-order chi connectivity index (χ0) is 24.8. The molecule has 2 aliphatic heterocycles. The van der Waals surface area contributed by atoms with Gasteiger partial charge in [-0.25, -0.2) is 8.42 Å². The Bertz CT molecular complexity index is 1060. The van der Waals surface area contributed by atoms with Crippen molar-refractivity contribution >= 4 is 33.7 Å². The SMILES string of the molecule is Cc1ccc(S(=O)(=O)NC(CCCCC2(C(=N)C(=N)N)C=CC=N2)C(=O)N2CCCCC2)cc1. The maximum absolute atomic E-state index is 13.3. The predicted molar refractivity (Wildman–Crippen MR) is 134 cm³/mol. The van der Waals surface area contributed by atoms with Crippen LogP contribution in [0.2, 0.25) is 0 Å². The molecular formula is C24H34N6O3S. The monoisotopic (exact) mass is 486 g/mol. The lowest BCUT2D eigenvalue weighted by molar-refractivity contribution is -0.134. The molecule has 1 aromatic carbocycles. The maximum atomic E-state index is 13.3. The molecule has 2 heterocycles. The fourth-order valence-electron chi connectivity index (χ4n) is 4.36. The summed E-state index contributed by atoms with van der Waals surface area (Å²) in [4.78, 5) is 19.5. The number of amidine groups is 1.